The van der Waals surface area contributed by atoms with E-state index in [0.717, 1.165) is 0 Å². The summed E-state index contributed by atoms with van der Waals surface area (Å²) in [5.74, 6) is 0.742. The molecule has 23 heavy (non-hydrogen) atoms. The van der Waals surface area contributed by atoms with Crippen LogP contribution in [0.15, 0.2) is 35.1 Å². The monoisotopic (exact) mass is 335 g/mol. The number of imidazole rings is 1. The van der Waals surface area contributed by atoms with Gasteiger partial charge in [-0.3, -0.25) is 0 Å². The first-order valence-corrected chi connectivity index (χ1v) is 6.78. The van der Waals surface area contributed by atoms with E-state index in [1.165, 1.54) is 24.1 Å². The lowest BCUT2D eigenvalue weighted by molar-refractivity contribution is -0.396. The number of ether oxygens (including phenoxy) is 1. The number of hydrogen-bond donors (Lipinski definition) is 0. The summed E-state index contributed by atoms with van der Waals surface area (Å²) in [6.07, 6.45) is 2.80. The Hall–Kier alpha value is -2.94. The molecule has 9 nitrogen and oxygen atoms in total. The molecule has 1 aromatic carbocycles. The number of nitro groups is 1. The second-order valence-electron chi connectivity index (χ2n) is 4.47. The minimum atomic E-state index is -0.582. The molecule has 0 bridgehead atoms. The standard InChI is InChI=1S/C13H10ClN5O4/c1-22-10-6-8(2-3-9(10)14)12-16-11(23-17-12)7-18-5-4-15-13(18)19(20)21/h2-6H,7H2,1H3. The van der Waals surface area contributed by atoms with Crippen LogP contribution < -0.4 is 4.74 Å². The molecule has 0 amide bonds. The lowest BCUT2D eigenvalue weighted by Gasteiger charge is -2.03. The van der Waals surface area contributed by atoms with Crippen LogP contribution in [0.5, 0.6) is 5.75 Å². The summed E-state index contributed by atoms with van der Waals surface area (Å²) in [5, 5.41) is 15.2. The number of hydrogen-bond acceptors (Lipinski definition) is 7. The summed E-state index contributed by atoms with van der Waals surface area (Å²) in [4.78, 5) is 18.1. The molecule has 10 heteroatoms. The number of methoxy groups -OCH3 is 1. The van der Waals surface area contributed by atoms with E-state index in [1.807, 2.05) is 0 Å². The molecule has 0 spiro atoms. The fourth-order valence-corrected chi connectivity index (χ4v) is 2.17. The van der Waals surface area contributed by atoms with Crippen molar-refractivity contribution in [2.24, 2.45) is 0 Å². The third kappa shape index (κ3) is 2.99. The molecule has 0 saturated heterocycles. The maximum absolute atomic E-state index is 10.8. The lowest BCUT2D eigenvalue weighted by Crippen LogP contribution is -2.04. The van der Waals surface area contributed by atoms with Crippen LogP contribution in [0.25, 0.3) is 11.4 Å². The molecule has 118 valence electrons. The Balaban J connectivity index is 1.86. The smallest absolute Gasteiger partial charge is 0.435 e. The Labute approximate surface area is 134 Å². The van der Waals surface area contributed by atoms with E-state index in [9.17, 15) is 10.1 Å². The highest BCUT2D eigenvalue weighted by atomic mass is 35.5. The summed E-state index contributed by atoms with van der Waals surface area (Å²) in [6, 6.07) is 5.06. The van der Waals surface area contributed by atoms with Crippen LogP contribution in [0.1, 0.15) is 5.89 Å². The van der Waals surface area contributed by atoms with Crippen LogP contribution in [0.2, 0.25) is 5.02 Å². The van der Waals surface area contributed by atoms with Gasteiger partial charge in [0, 0.05) is 5.56 Å². The van der Waals surface area contributed by atoms with Gasteiger partial charge in [-0.1, -0.05) is 21.7 Å². The fraction of sp³-hybridized carbons (Fsp3) is 0.154. The summed E-state index contributed by atoms with van der Waals surface area (Å²) in [6.45, 7) is 0.0496. The van der Waals surface area contributed by atoms with Crippen molar-refractivity contribution in [3.63, 3.8) is 0 Å². The summed E-state index contributed by atoms with van der Waals surface area (Å²) in [7, 11) is 1.50. The summed E-state index contributed by atoms with van der Waals surface area (Å²) in [5.41, 5.74) is 0.654. The van der Waals surface area contributed by atoms with Gasteiger partial charge in [-0.2, -0.15) is 4.98 Å². The van der Waals surface area contributed by atoms with E-state index in [0.29, 0.717) is 22.2 Å². The molecule has 2 aromatic heterocycles. The molecule has 0 saturated carbocycles. The number of nitrogens with zero attached hydrogens (tertiary/aromatic N) is 5. The highest BCUT2D eigenvalue weighted by Crippen LogP contribution is 2.29. The predicted octanol–water partition coefficient (Wildman–Crippen LogP) is 2.55. The zero-order valence-electron chi connectivity index (χ0n) is 11.8. The van der Waals surface area contributed by atoms with Crippen molar-refractivity contribution in [3.05, 3.63) is 51.6 Å². The first-order chi connectivity index (χ1) is 11.1. The minimum Gasteiger partial charge on any atom is -0.495 e. The number of halogens is 1. The summed E-state index contributed by atoms with van der Waals surface area (Å²) >= 11 is 5.97. The number of aromatic nitrogens is 4. The van der Waals surface area contributed by atoms with Gasteiger partial charge in [0.2, 0.25) is 5.82 Å². The van der Waals surface area contributed by atoms with Crippen molar-refractivity contribution in [2.45, 2.75) is 6.54 Å². The van der Waals surface area contributed by atoms with Gasteiger partial charge in [0.25, 0.3) is 5.89 Å². The maximum atomic E-state index is 10.8. The van der Waals surface area contributed by atoms with Crippen LogP contribution in [-0.4, -0.2) is 31.7 Å². The van der Waals surface area contributed by atoms with Crippen molar-refractivity contribution >= 4 is 17.5 Å². The zero-order chi connectivity index (χ0) is 16.4. The van der Waals surface area contributed by atoms with Crippen molar-refractivity contribution in [3.8, 4) is 17.1 Å². The average molecular weight is 336 g/mol. The molecule has 0 aliphatic carbocycles. The second kappa shape index (κ2) is 6.05. The van der Waals surface area contributed by atoms with Crippen molar-refractivity contribution in [2.75, 3.05) is 7.11 Å². The SMILES string of the molecule is COc1cc(-c2noc(Cn3ccnc3[N+](=O)[O-])n2)ccc1Cl. The van der Waals surface area contributed by atoms with Gasteiger partial charge in [0.1, 0.15) is 18.1 Å². The number of benzene rings is 1. The van der Waals surface area contributed by atoms with Gasteiger partial charge in [-0.15, -0.1) is 0 Å². The molecule has 0 aliphatic rings. The third-order valence-corrected chi connectivity index (χ3v) is 3.35. The molecule has 3 rings (SSSR count). The van der Waals surface area contributed by atoms with Crippen LogP contribution in [-0.2, 0) is 6.54 Å². The molecular formula is C13H10ClN5O4. The first-order valence-electron chi connectivity index (χ1n) is 6.40. The fourth-order valence-electron chi connectivity index (χ4n) is 1.98. The molecule has 0 atom stereocenters. The average Bonchev–Trinajstić information content (AvgIpc) is 3.17. The molecule has 0 fully saturated rings. The molecular weight excluding hydrogens is 326 g/mol. The largest absolute Gasteiger partial charge is 0.495 e. The van der Waals surface area contributed by atoms with Gasteiger partial charge in [-0.25, -0.2) is 4.57 Å². The second-order valence-corrected chi connectivity index (χ2v) is 4.88. The van der Waals surface area contributed by atoms with Crippen LogP contribution in [0, 0.1) is 10.1 Å². The van der Waals surface area contributed by atoms with Gasteiger partial charge in [0.05, 0.1) is 12.1 Å². The highest BCUT2D eigenvalue weighted by Gasteiger charge is 2.18. The molecule has 0 radical (unpaired) electrons. The topological polar surface area (TPSA) is 109 Å². The Bertz CT molecular complexity index is 860. The van der Waals surface area contributed by atoms with E-state index in [2.05, 4.69) is 15.1 Å². The lowest BCUT2D eigenvalue weighted by atomic mass is 10.2. The maximum Gasteiger partial charge on any atom is 0.435 e. The molecule has 0 aliphatic heterocycles. The Morgan fingerprint density at radius 1 is 1.48 bits per heavy atom. The van der Waals surface area contributed by atoms with Gasteiger partial charge in [0.15, 0.2) is 6.54 Å². The van der Waals surface area contributed by atoms with E-state index in [-0.39, 0.29) is 18.4 Å². The Morgan fingerprint density at radius 3 is 3.04 bits per heavy atom. The Morgan fingerprint density at radius 2 is 2.30 bits per heavy atom. The molecule has 0 N–H and O–H groups in total. The van der Waals surface area contributed by atoms with Gasteiger partial charge < -0.3 is 19.4 Å². The Kier molecular flexibility index (Phi) is 3.94. The minimum absolute atomic E-state index is 0.0496. The van der Waals surface area contributed by atoms with E-state index in [4.69, 9.17) is 20.9 Å². The molecule has 3 aromatic rings. The molecule has 0 unspecified atom stereocenters. The van der Waals surface area contributed by atoms with Crippen LogP contribution in [0.4, 0.5) is 5.95 Å². The predicted molar refractivity (Wildman–Crippen MR) is 79.3 cm³/mol. The van der Waals surface area contributed by atoms with Crippen LogP contribution in [0.3, 0.4) is 0 Å². The van der Waals surface area contributed by atoms with Crippen LogP contribution >= 0.6 is 11.6 Å². The normalized spacial score (nSPS) is 10.7. The first kappa shape index (κ1) is 15.0. The van der Waals surface area contributed by atoms with Gasteiger partial charge >= 0.3 is 5.95 Å². The van der Waals surface area contributed by atoms with Gasteiger partial charge in [-0.05, 0) is 23.1 Å². The number of rotatable bonds is 5. The van der Waals surface area contributed by atoms with Crippen molar-refractivity contribution in [1.82, 2.24) is 19.7 Å². The highest BCUT2D eigenvalue weighted by molar-refractivity contribution is 6.32. The van der Waals surface area contributed by atoms with Crippen molar-refractivity contribution in [1.29, 1.82) is 0 Å². The van der Waals surface area contributed by atoms with Crippen molar-refractivity contribution < 1.29 is 14.2 Å². The molecule has 2 heterocycles. The third-order valence-electron chi connectivity index (χ3n) is 3.04. The van der Waals surface area contributed by atoms with E-state index < -0.39 is 4.92 Å². The quantitative estimate of drug-likeness (QED) is 0.520. The van der Waals surface area contributed by atoms with E-state index in [1.54, 1.807) is 18.2 Å². The van der Waals surface area contributed by atoms with E-state index >= 15 is 0 Å². The zero-order valence-corrected chi connectivity index (χ0v) is 12.6. The summed E-state index contributed by atoms with van der Waals surface area (Å²) < 4.78 is 11.6.